The quantitative estimate of drug-likeness (QED) is 0.690. The Balaban J connectivity index is 2.66. The van der Waals surface area contributed by atoms with Crippen LogP contribution in [0.3, 0.4) is 0 Å². The van der Waals surface area contributed by atoms with Crippen molar-refractivity contribution in [1.29, 1.82) is 0 Å². The van der Waals surface area contributed by atoms with Crippen molar-refractivity contribution in [2.45, 2.75) is 57.7 Å². The molecule has 1 aromatic rings. The minimum Gasteiger partial charge on any atom is -0.326 e. The maximum atomic E-state index is 6.29. The Morgan fingerprint density at radius 2 is 2.00 bits per heavy atom. The predicted octanol–water partition coefficient (Wildman–Crippen LogP) is 4.70. The van der Waals surface area contributed by atoms with E-state index in [0.717, 1.165) is 6.42 Å². The van der Waals surface area contributed by atoms with Crippen molar-refractivity contribution < 1.29 is 0 Å². The van der Waals surface area contributed by atoms with E-state index < -0.39 is 0 Å². The molecular formula is C16H27NS. The molecule has 0 saturated heterocycles. The summed E-state index contributed by atoms with van der Waals surface area (Å²) in [6.07, 6.45) is 4.96. The summed E-state index contributed by atoms with van der Waals surface area (Å²) in [6, 6.07) is 9.07. The first-order valence-corrected chi connectivity index (χ1v) is 8.17. The standard InChI is InChI=1S/C16H27NS/c1-4-6-7-11-18-16(15(17)5-2)14-10-8-9-13(3)12-14/h8-10,12,15-16H,4-7,11,17H2,1-3H3. The molecule has 18 heavy (non-hydrogen) atoms. The predicted molar refractivity (Wildman–Crippen MR) is 84.2 cm³/mol. The van der Waals surface area contributed by atoms with Crippen molar-refractivity contribution in [1.82, 2.24) is 0 Å². The zero-order chi connectivity index (χ0) is 13.4. The molecule has 2 N–H and O–H groups in total. The van der Waals surface area contributed by atoms with Crippen LogP contribution in [0.4, 0.5) is 0 Å². The van der Waals surface area contributed by atoms with Crippen LogP contribution in [0.25, 0.3) is 0 Å². The molecular weight excluding hydrogens is 238 g/mol. The summed E-state index contributed by atoms with van der Waals surface area (Å²) in [6.45, 7) is 6.58. The van der Waals surface area contributed by atoms with Gasteiger partial charge in [0, 0.05) is 11.3 Å². The average Bonchev–Trinajstić information content (AvgIpc) is 2.38. The van der Waals surface area contributed by atoms with Gasteiger partial charge in [-0.3, -0.25) is 0 Å². The Bertz CT molecular complexity index is 338. The van der Waals surface area contributed by atoms with Crippen LogP contribution in [0.5, 0.6) is 0 Å². The molecule has 0 aliphatic carbocycles. The van der Waals surface area contributed by atoms with E-state index in [0.29, 0.717) is 5.25 Å². The van der Waals surface area contributed by atoms with E-state index in [1.54, 1.807) is 0 Å². The Kier molecular flexibility index (Phi) is 7.45. The molecule has 0 heterocycles. The van der Waals surface area contributed by atoms with Crippen molar-refractivity contribution in [3.8, 4) is 0 Å². The van der Waals surface area contributed by atoms with Crippen LogP contribution < -0.4 is 5.73 Å². The molecule has 2 unspecified atom stereocenters. The van der Waals surface area contributed by atoms with Crippen LogP contribution in [0.15, 0.2) is 24.3 Å². The number of hydrogen-bond acceptors (Lipinski definition) is 2. The summed E-state index contributed by atoms with van der Waals surface area (Å²) in [5.41, 5.74) is 9.02. The fraction of sp³-hybridized carbons (Fsp3) is 0.625. The van der Waals surface area contributed by atoms with E-state index in [4.69, 9.17) is 5.73 Å². The lowest BCUT2D eigenvalue weighted by Crippen LogP contribution is -2.26. The van der Waals surface area contributed by atoms with Crippen LogP contribution in [-0.4, -0.2) is 11.8 Å². The van der Waals surface area contributed by atoms with E-state index in [2.05, 4.69) is 45.0 Å². The maximum absolute atomic E-state index is 6.29. The third kappa shape index (κ3) is 5.03. The van der Waals surface area contributed by atoms with Gasteiger partial charge in [0.25, 0.3) is 0 Å². The summed E-state index contributed by atoms with van der Waals surface area (Å²) in [7, 11) is 0. The van der Waals surface area contributed by atoms with E-state index in [1.807, 2.05) is 11.8 Å². The lowest BCUT2D eigenvalue weighted by atomic mass is 10.0. The number of aryl methyl sites for hydroxylation is 1. The van der Waals surface area contributed by atoms with Gasteiger partial charge >= 0.3 is 0 Å². The zero-order valence-corrected chi connectivity index (χ0v) is 12.8. The SMILES string of the molecule is CCCCCSC(c1cccc(C)c1)C(N)CC. The smallest absolute Gasteiger partial charge is 0.0448 e. The van der Waals surface area contributed by atoms with Crippen LogP contribution in [0.2, 0.25) is 0 Å². The minimum absolute atomic E-state index is 0.262. The fourth-order valence-corrected chi connectivity index (χ4v) is 3.49. The third-order valence-electron chi connectivity index (χ3n) is 3.28. The first-order chi connectivity index (χ1) is 8.69. The molecule has 2 heteroatoms. The highest BCUT2D eigenvalue weighted by molar-refractivity contribution is 7.99. The largest absolute Gasteiger partial charge is 0.326 e. The maximum Gasteiger partial charge on any atom is 0.0448 e. The fourth-order valence-electron chi connectivity index (χ4n) is 2.09. The number of rotatable bonds is 8. The van der Waals surface area contributed by atoms with Crippen LogP contribution in [0.1, 0.15) is 55.9 Å². The summed E-state index contributed by atoms with van der Waals surface area (Å²) >= 11 is 2.03. The number of unbranched alkanes of at least 4 members (excludes halogenated alkanes) is 2. The second-order valence-electron chi connectivity index (χ2n) is 4.98. The highest BCUT2D eigenvalue weighted by Crippen LogP contribution is 2.33. The molecule has 102 valence electrons. The summed E-state index contributed by atoms with van der Waals surface area (Å²) in [5, 5.41) is 0.451. The average molecular weight is 265 g/mol. The molecule has 0 amide bonds. The molecule has 1 nitrogen and oxygen atoms in total. The Morgan fingerprint density at radius 1 is 1.22 bits per heavy atom. The van der Waals surface area contributed by atoms with Gasteiger partial charge in [0.05, 0.1) is 0 Å². The van der Waals surface area contributed by atoms with E-state index >= 15 is 0 Å². The molecule has 0 fully saturated rings. The lowest BCUT2D eigenvalue weighted by molar-refractivity contribution is 0.633. The number of nitrogens with two attached hydrogens (primary N) is 1. The first kappa shape index (κ1) is 15.6. The van der Waals surface area contributed by atoms with Gasteiger partial charge in [0.15, 0.2) is 0 Å². The van der Waals surface area contributed by atoms with Gasteiger partial charge in [-0.2, -0.15) is 11.8 Å². The number of hydrogen-bond donors (Lipinski definition) is 1. The third-order valence-corrected chi connectivity index (χ3v) is 4.78. The Hall–Kier alpha value is -0.470. The van der Waals surface area contributed by atoms with Crippen molar-refractivity contribution in [3.05, 3.63) is 35.4 Å². The minimum atomic E-state index is 0.262. The monoisotopic (exact) mass is 265 g/mol. The van der Waals surface area contributed by atoms with Gasteiger partial charge in [-0.15, -0.1) is 0 Å². The highest BCUT2D eigenvalue weighted by Gasteiger charge is 2.18. The molecule has 0 spiro atoms. The Morgan fingerprint density at radius 3 is 2.61 bits per heavy atom. The second-order valence-corrected chi connectivity index (χ2v) is 6.23. The van der Waals surface area contributed by atoms with Gasteiger partial charge in [0.1, 0.15) is 0 Å². The topological polar surface area (TPSA) is 26.0 Å². The second kappa shape index (κ2) is 8.60. The van der Waals surface area contributed by atoms with Crippen molar-refractivity contribution in [2.24, 2.45) is 5.73 Å². The first-order valence-electron chi connectivity index (χ1n) is 7.12. The summed E-state index contributed by atoms with van der Waals surface area (Å²) in [4.78, 5) is 0. The molecule has 2 atom stereocenters. The van der Waals surface area contributed by atoms with E-state index in [-0.39, 0.29) is 6.04 Å². The van der Waals surface area contributed by atoms with Crippen LogP contribution in [0, 0.1) is 6.92 Å². The van der Waals surface area contributed by atoms with Crippen molar-refractivity contribution in [3.63, 3.8) is 0 Å². The van der Waals surface area contributed by atoms with Crippen LogP contribution >= 0.6 is 11.8 Å². The van der Waals surface area contributed by atoms with Gasteiger partial charge in [-0.05, 0) is 31.1 Å². The lowest BCUT2D eigenvalue weighted by Gasteiger charge is -2.23. The Labute approximate surface area is 117 Å². The molecule has 0 saturated carbocycles. The van der Waals surface area contributed by atoms with E-state index in [1.165, 1.54) is 36.1 Å². The summed E-state index contributed by atoms with van der Waals surface area (Å²) < 4.78 is 0. The summed E-state index contributed by atoms with van der Waals surface area (Å²) in [5.74, 6) is 1.22. The van der Waals surface area contributed by atoms with Gasteiger partial charge in [-0.25, -0.2) is 0 Å². The van der Waals surface area contributed by atoms with E-state index in [9.17, 15) is 0 Å². The highest BCUT2D eigenvalue weighted by atomic mass is 32.2. The van der Waals surface area contributed by atoms with Crippen molar-refractivity contribution in [2.75, 3.05) is 5.75 Å². The molecule has 0 aliphatic rings. The molecule has 1 rings (SSSR count). The number of benzene rings is 1. The van der Waals surface area contributed by atoms with Gasteiger partial charge < -0.3 is 5.73 Å². The molecule has 0 aromatic heterocycles. The van der Waals surface area contributed by atoms with Crippen LogP contribution in [-0.2, 0) is 0 Å². The normalized spacial score (nSPS) is 14.4. The molecule has 0 radical (unpaired) electrons. The van der Waals surface area contributed by atoms with Gasteiger partial charge in [-0.1, -0.05) is 56.5 Å². The molecule has 1 aromatic carbocycles. The molecule has 0 bridgehead atoms. The van der Waals surface area contributed by atoms with Gasteiger partial charge in [0.2, 0.25) is 0 Å². The number of thioether (sulfide) groups is 1. The zero-order valence-electron chi connectivity index (χ0n) is 12.0. The molecule has 0 aliphatic heterocycles. The van der Waals surface area contributed by atoms with Crippen molar-refractivity contribution >= 4 is 11.8 Å².